The predicted octanol–water partition coefficient (Wildman–Crippen LogP) is 2.66. The lowest BCUT2D eigenvalue weighted by molar-refractivity contribution is -0.121. The largest absolute Gasteiger partial charge is 0.352 e. The molecule has 0 fully saturated rings. The average molecular weight is 291 g/mol. The van der Waals surface area contributed by atoms with Gasteiger partial charge in [0.2, 0.25) is 5.91 Å². The summed E-state index contributed by atoms with van der Waals surface area (Å²) < 4.78 is 1.75. The van der Waals surface area contributed by atoms with Crippen LogP contribution < -0.4 is 5.32 Å². The van der Waals surface area contributed by atoms with Crippen molar-refractivity contribution in [2.45, 2.75) is 19.5 Å². The summed E-state index contributed by atoms with van der Waals surface area (Å²) in [7, 11) is 0. The van der Waals surface area contributed by atoms with Crippen LogP contribution in [0.2, 0.25) is 5.02 Å². The van der Waals surface area contributed by atoms with E-state index in [4.69, 9.17) is 11.6 Å². The molecular formula is C15H15ClN2O2. The van der Waals surface area contributed by atoms with E-state index in [1.54, 1.807) is 29.0 Å². The molecule has 0 saturated heterocycles. The van der Waals surface area contributed by atoms with Crippen molar-refractivity contribution in [1.29, 1.82) is 0 Å². The van der Waals surface area contributed by atoms with Crippen LogP contribution in [0, 0.1) is 0 Å². The minimum Gasteiger partial charge on any atom is -0.352 e. The number of halogens is 1. The molecule has 0 spiro atoms. The van der Waals surface area contributed by atoms with Gasteiger partial charge in [0, 0.05) is 30.7 Å². The molecule has 0 atom stereocenters. The van der Waals surface area contributed by atoms with E-state index in [0.29, 0.717) is 30.2 Å². The Kier molecular flexibility index (Phi) is 4.96. The molecule has 0 saturated carbocycles. The third kappa shape index (κ3) is 3.71. The molecule has 1 N–H and O–H groups in total. The standard InChI is InChI=1S/C15H15ClN2O2/c16-14-6-2-1-4-12(14)10-17-15(20)7-9-18-8-3-5-13(18)11-19/h1-6,8,11H,7,9-10H2,(H,17,20). The van der Waals surface area contributed by atoms with Gasteiger partial charge in [0.05, 0.1) is 5.69 Å². The van der Waals surface area contributed by atoms with Gasteiger partial charge in [0.25, 0.3) is 0 Å². The van der Waals surface area contributed by atoms with Gasteiger partial charge in [0.1, 0.15) is 0 Å². The molecule has 104 valence electrons. The van der Waals surface area contributed by atoms with E-state index >= 15 is 0 Å². The smallest absolute Gasteiger partial charge is 0.222 e. The van der Waals surface area contributed by atoms with Crippen LogP contribution in [-0.2, 0) is 17.9 Å². The molecule has 2 aromatic rings. The van der Waals surface area contributed by atoms with Crippen LogP contribution in [0.5, 0.6) is 0 Å². The zero-order valence-electron chi connectivity index (χ0n) is 10.9. The lowest BCUT2D eigenvalue weighted by Gasteiger charge is -2.08. The van der Waals surface area contributed by atoms with Crippen LogP contribution in [0.15, 0.2) is 42.6 Å². The summed E-state index contributed by atoms with van der Waals surface area (Å²) in [4.78, 5) is 22.5. The van der Waals surface area contributed by atoms with Gasteiger partial charge in [-0.1, -0.05) is 29.8 Å². The van der Waals surface area contributed by atoms with Crippen molar-refractivity contribution >= 4 is 23.8 Å². The van der Waals surface area contributed by atoms with Crippen LogP contribution in [0.4, 0.5) is 0 Å². The summed E-state index contributed by atoms with van der Waals surface area (Å²) >= 11 is 6.01. The highest BCUT2D eigenvalue weighted by Crippen LogP contribution is 2.14. The van der Waals surface area contributed by atoms with Crippen molar-refractivity contribution in [2.24, 2.45) is 0 Å². The molecular weight excluding hydrogens is 276 g/mol. The Bertz CT molecular complexity index is 607. The molecule has 0 aliphatic rings. The molecule has 1 aromatic carbocycles. The minimum atomic E-state index is -0.0736. The van der Waals surface area contributed by atoms with Gasteiger partial charge >= 0.3 is 0 Å². The maximum Gasteiger partial charge on any atom is 0.222 e. The summed E-state index contributed by atoms with van der Waals surface area (Å²) in [5.41, 5.74) is 1.46. The Morgan fingerprint density at radius 2 is 2.05 bits per heavy atom. The first-order chi connectivity index (χ1) is 9.70. The van der Waals surface area contributed by atoms with Gasteiger partial charge in [-0.15, -0.1) is 0 Å². The molecule has 0 unspecified atom stereocenters. The summed E-state index contributed by atoms with van der Waals surface area (Å²) in [6.45, 7) is 0.889. The third-order valence-electron chi connectivity index (χ3n) is 3.00. The Balaban J connectivity index is 1.82. The summed E-state index contributed by atoms with van der Waals surface area (Å²) in [6.07, 6.45) is 2.88. The highest BCUT2D eigenvalue weighted by Gasteiger charge is 2.05. The van der Waals surface area contributed by atoms with Gasteiger partial charge in [-0.3, -0.25) is 9.59 Å². The number of hydrogen-bond acceptors (Lipinski definition) is 2. The highest BCUT2D eigenvalue weighted by molar-refractivity contribution is 6.31. The number of hydrogen-bond donors (Lipinski definition) is 1. The zero-order chi connectivity index (χ0) is 14.4. The number of carbonyl (C=O) groups is 2. The quantitative estimate of drug-likeness (QED) is 0.832. The van der Waals surface area contributed by atoms with Crippen LogP contribution in [-0.4, -0.2) is 16.8 Å². The summed E-state index contributed by atoms with van der Waals surface area (Å²) in [5, 5.41) is 3.45. The fourth-order valence-corrected chi connectivity index (χ4v) is 2.09. The van der Waals surface area contributed by atoms with Crippen LogP contribution in [0.3, 0.4) is 0 Å². The SMILES string of the molecule is O=Cc1cccn1CCC(=O)NCc1ccccc1Cl. The van der Waals surface area contributed by atoms with Crippen LogP contribution in [0.1, 0.15) is 22.5 Å². The molecule has 1 amide bonds. The average Bonchev–Trinajstić information content (AvgIpc) is 2.91. The second-order valence-electron chi connectivity index (χ2n) is 4.36. The second kappa shape index (κ2) is 6.91. The number of amides is 1. The second-order valence-corrected chi connectivity index (χ2v) is 4.77. The Hall–Kier alpha value is -2.07. The van der Waals surface area contributed by atoms with E-state index in [2.05, 4.69) is 5.32 Å². The Morgan fingerprint density at radius 1 is 1.25 bits per heavy atom. The zero-order valence-corrected chi connectivity index (χ0v) is 11.6. The first kappa shape index (κ1) is 14.3. The van der Waals surface area contributed by atoms with Crippen molar-refractivity contribution in [3.8, 4) is 0 Å². The number of aromatic nitrogens is 1. The fraction of sp³-hybridized carbons (Fsp3) is 0.200. The van der Waals surface area contributed by atoms with E-state index < -0.39 is 0 Å². The molecule has 5 heteroatoms. The van der Waals surface area contributed by atoms with Gasteiger partial charge in [-0.25, -0.2) is 0 Å². The summed E-state index contributed by atoms with van der Waals surface area (Å²) in [6, 6.07) is 10.9. The van der Waals surface area contributed by atoms with Crippen molar-refractivity contribution in [3.63, 3.8) is 0 Å². The number of nitrogens with zero attached hydrogens (tertiary/aromatic N) is 1. The first-order valence-electron chi connectivity index (χ1n) is 6.31. The first-order valence-corrected chi connectivity index (χ1v) is 6.69. The lowest BCUT2D eigenvalue weighted by Crippen LogP contribution is -2.24. The monoisotopic (exact) mass is 290 g/mol. The van der Waals surface area contributed by atoms with E-state index in [-0.39, 0.29) is 5.91 Å². The van der Waals surface area contributed by atoms with E-state index in [0.717, 1.165) is 11.8 Å². The van der Waals surface area contributed by atoms with Gasteiger partial charge < -0.3 is 9.88 Å². The molecule has 1 aromatic heterocycles. The highest BCUT2D eigenvalue weighted by atomic mass is 35.5. The molecule has 2 rings (SSSR count). The Labute approximate surface area is 122 Å². The third-order valence-corrected chi connectivity index (χ3v) is 3.37. The topological polar surface area (TPSA) is 51.1 Å². The number of aldehydes is 1. The van der Waals surface area contributed by atoms with Gasteiger partial charge in [-0.05, 0) is 23.8 Å². The maximum absolute atomic E-state index is 11.8. The minimum absolute atomic E-state index is 0.0736. The van der Waals surface area contributed by atoms with Gasteiger partial charge in [0.15, 0.2) is 6.29 Å². The Morgan fingerprint density at radius 3 is 2.80 bits per heavy atom. The molecule has 0 bridgehead atoms. The number of nitrogens with one attached hydrogen (secondary N) is 1. The van der Waals surface area contributed by atoms with Crippen molar-refractivity contribution < 1.29 is 9.59 Å². The molecule has 0 aliphatic heterocycles. The predicted molar refractivity (Wildman–Crippen MR) is 77.7 cm³/mol. The normalized spacial score (nSPS) is 10.2. The maximum atomic E-state index is 11.8. The molecule has 1 heterocycles. The van der Waals surface area contributed by atoms with Crippen molar-refractivity contribution in [2.75, 3.05) is 0 Å². The van der Waals surface area contributed by atoms with E-state index in [1.807, 2.05) is 18.2 Å². The van der Waals surface area contributed by atoms with Crippen molar-refractivity contribution in [3.05, 3.63) is 58.9 Å². The number of benzene rings is 1. The molecule has 4 nitrogen and oxygen atoms in total. The summed E-state index contributed by atoms with van der Waals surface area (Å²) in [5.74, 6) is -0.0736. The van der Waals surface area contributed by atoms with E-state index in [9.17, 15) is 9.59 Å². The van der Waals surface area contributed by atoms with Crippen LogP contribution >= 0.6 is 11.6 Å². The fourth-order valence-electron chi connectivity index (χ4n) is 1.88. The molecule has 20 heavy (non-hydrogen) atoms. The van der Waals surface area contributed by atoms with Gasteiger partial charge in [-0.2, -0.15) is 0 Å². The number of aryl methyl sites for hydroxylation is 1. The van der Waals surface area contributed by atoms with Crippen LogP contribution in [0.25, 0.3) is 0 Å². The van der Waals surface area contributed by atoms with Crippen molar-refractivity contribution in [1.82, 2.24) is 9.88 Å². The molecule has 0 radical (unpaired) electrons. The lowest BCUT2D eigenvalue weighted by atomic mass is 10.2. The van der Waals surface area contributed by atoms with E-state index in [1.165, 1.54) is 0 Å². The number of rotatable bonds is 6. The number of carbonyl (C=O) groups excluding carboxylic acids is 2. The molecule has 0 aliphatic carbocycles.